The van der Waals surface area contributed by atoms with E-state index in [1.54, 1.807) is 13.0 Å². The van der Waals surface area contributed by atoms with Crippen LogP contribution in [0.1, 0.15) is 33.3 Å². The molecule has 0 atom stereocenters. The van der Waals surface area contributed by atoms with Crippen molar-refractivity contribution in [2.45, 2.75) is 18.7 Å². The van der Waals surface area contributed by atoms with Crippen molar-refractivity contribution in [1.82, 2.24) is 9.29 Å². The second-order valence-corrected chi connectivity index (χ2v) is 8.23. The first-order valence-corrected chi connectivity index (χ1v) is 9.87. The molecular formula is C19H17N3O4S. The molecule has 2 heterocycles. The number of rotatable bonds is 3. The van der Waals surface area contributed by atoms with Gasteiger partial charge in [-0.05, 0) is 56.3 Å². The molecule has 8 heteroatoms. The van der Waals surface area contributed by atoms with E-state index in [9.17, 15) is 18.0 Å². The van der Waals surface area contributed by atoms with Gasteiger partial charge in [-0.3, -0.25) is 9.59 Å². The molecule has 1 aliphatic rings. The maximum absolute atomic E-state index is 12.6. The Kier molecular flexibility index (Phi) is 3.81. The van der Waals surface area contributed by atoms with Gasteiger partial charge >= 0.3 is 0 Å². The van der Waals surface area contributed by atoms with Gasteiger partial charge in [-0.2, -0.15) is 0 Å². The average Bonchev–Trinajstić information content (AvgIpc) is 3.08. The number of benzene rings is 2. The number of carbonyl (C=O) groups is 2. The molecule has 0 fully saturated rings. The number of aryl methyl sites for hydroxylation is 1. The Morgan fingerprint density at radius 3 is 2.67 bits per heavy atom. The molecule has 27 heavy (non-hydrogen) atoms. The predicted molar refractivity (Wildman–Crippen MR) is 101 cm³/mol. The smallest absolute Gasteiger partial charge is 0.268 e. The van der Waals surface area contributed by atoms with Crippen molar-refractivity contribution in [2.24, 2.45) is 0 Å². The largest absolute Gasteiger partial charge is 0.359 e. The lowest BCUT2D eigenvalue weighted by Crippen LogP contribution is -2.29. The van der Waals surface area contributed by atoms with Gasteiger partial charge < -0.3 is 10.3 Å². The Bertz CT molecular complexity index is 1210. The van der Waals surface area contributed by atoms with Crippen LogP contribution in [0.2, 0.25) is 0 Å². The summed E-state index contributed by atoms with van der Waals surface area (Å²) in [6, 6.07) is 11.5. The number of nitrogens with zero attached hydrogens (tertiary/aromatic N) is 1. The summed E-state index contributed by atoms with van der Waals surface area (Å²) in [5.41, 5.74) is 2.85. The Morgan fingerprint density at radius 2 is 1.93 bits per heavy atom. The third-order valence-corrected chi connectivity index (χ3v) is 6.47. The van der Waals surface area contributed by atoms with Crippen molar-refractivity contribution in [3.05, 3.63) is 59.3 Å². The van der Waals surface area contributed by atoms with Gasteiger partial charge in [0.15, 0.2) is 0 Å². The van der Waals surface area contributed by atoms with E-state index in [-0.39, 0.29) is 22.6 Å². The maximum Gasteiger partial charge on any atom is 0.268 e. The SMILES string of the molecule is CCN1C(=O)c2ccc(C(=O)Nc3ccc4[nH]c(C)cc4c3)cc2S1(=O)=O. The van der Waals surface area contributed by atoms with E-state index in [1.165, 1.54) is 18.2 Å². The van der Waals surface area contributed by atoms with Crippen LogP contribution in [-0.2, 0) is 10.0 Å². The zero-order valence-electron chi connectivity index (χ0n) is 14.7. The molecule has 0 saturated heterocycles. The number of fused-ring (bicyclic) bond motifs is 2. The number of H-pyrrole nitrogens is 1. The van der Waals surface area contributed by atoms with E-state index in [2.05, 4.69) is 10.3 Å². The fraction of sp³-hybridized carbons (Fsp3) is 0.158. The van der Waals surface area contributed by atoms with E-state index in [0.717, 1.165) is 20.9 Å². The van der Waals surface area contributed by atoms with Crippen LogP contribution < -0.4 is 5.32 Å². The number of aromatic amines is 1. The molecule has 0 radical (unpaired) electrons. The van der Waals surface area contributed by atoms with Crippen molar-refractivity contribution in [3.8, 4) is 0 Å². The van der Waals surface area contributed by atoms with Gasteiger partial charge in [0.05, 0.1) is 5.56 Å². The van der Waals surface area contributed by atoms with Gasteiger partial charge in [-0.25, -0.2) is 12.7 Å². The molecular weight excluding hydrogens is 366 g/mol. The Labute approximate surface area is 156 Å². The summed E-state index contributed by atoms with van der Waals surface area (Å²) in [7, 11) is -3.90. The van der Waals surface area contributed by atoms with Crippen LogP contribution in [0.5, 0.6) is 0 Å². The van der Waals surface area contributed by atoms with Crippen LogP contribution >= 0.6 is 0 Å². The van der Waals surface area contributed by atoms with Crippen molar-refractivity contribution in [3.63, 3.8) is 0 Å². The number of carbonyl (C=O) groups excluding carboxylic acids is 2. The minimum Gasteiger partial charge on any atom is -0.359 e. The van der Waals surface area contributed by atoms with Crippen molar-refractivity contribution in [1.29, 1.82) is 0 Å². The standard InChI is InChI=1S/C19H17N3O4S/c1-3-22-19(24)15-6-4-12(10-17(15)27(22,25)26)18(23)21-14-5-7-16-13(9-14)8-11(2)20-16/h4-10,20H,3H2,1-2H3,(H,21,23). The van der Waals surface area contributed by atoms with Gasteiger partial charge in [-0.1, -0.05) is 0 Å². The van der Waals surface area contributed by atoms with Crippen LogP contribution in [0.4, 0.5) is 5.69 Å². The highest BCUT2D eigenvalue weighted by Crippen LogP contribution is 2.31. The number of hydrogen-bond donors (Lipinski definition) is 2. The lowest BCUT2D eigenvalue weighted by molar-refractivity contribution is 0.0875. The molecule has 1 aliphatic heterocycles. The Balaban J connectivity index is 1.66. The summed E-state index contributed by atoms with van der Waals surface area (Å²) in [5, 5.41) is 3.73. The van der Waals surface area contributed by atoms with Crippen molar-refractivity contribution >= 4 is 38.4 Å². The first-order chi connectivity index (χ1) is 12.8. The highest BCUT2D eigenvalue weighted by atomic mass is 32.2. The van der Waals surface area contributed by atoms with Crippen molar-refractivity contribution in [2.75, 3.05) is 11.9 Å². The van der Waals surface area contributed by atoms with Gasteiger partial charge in [-0.15, -0.1) is 0 Å². The molecule has 0 spiro atoms. The molecule has 2 N–H and O–H groups in total. The first-order valence-electron chi connectivity index (χ1n) is 8.43. The molecule has 2 amide bonds. The molecule has 0 bridgehead atoms. The predicted octanol–water partition coefficient (Wildman–Crippen LogP) is 2.89. The third-order valence-electron chi connectivity index (χ3n) is 4.57. The molecule has 0 aliphatic carbocycles. The molecule has 7 nitrogen and oxygen atoms in total. The normalized spacial score (nSPS) is 15.2. The summed E-state index contributed by atoms with van der Waals surface area (Å²) < 4.78 is 25.8. The average molecular weight is 383 g/mol. The second kappa shape index (κ2) is 5.95. The van der Waals surface area contributed by atoms with Gasteiger partial charge in [0.25, 0.3) is 21.8 Å². The summed E-state index contributed by atoms with van der Waals surface area (Å²) in [4.78, 5) is 27.9. The summed E-state index contributed by atoms with van der Waals surface area (Å²) in [6.07, 6.45) is 0. The van der Waals surface area contributed by atoms with E-state index in [0.29, 0.717) is 5.69 Å². The number of anilines is 1. The fourth-order valence-electron chi connectivity index (χ4n) is 3.29. The Morgan fingerprint density at radius 1 is 1.15 bits per heavy atom. The molecule has 0 unspecified atom stereocenters. The molecule has 138 valence electrons. The van der Waals surface area contributed by atoms with E-state index < -0.39 is 21.8 Å². The molecule has 0 saturated carbocycles. The Hall–Kier alpha value is -3.13. The lowest BCUT2D eigenvalue weighted by Gasteiger charge is -2.11. The summed E-state index contributed by atoms with van der Waals surface area (Å²) in [5.74, 6) is -1.00. The van der Waals surface area contributed by atoms with E-state index >= 15 is 0 Å². The minimum absolute atomic E-state index is 0.0491. The van der Waals surface area contributed by atoms with Crippen LogP contribution in [0.3, 0.4) is 0 Å². The van der Waals surface area contributed by atoms with Gasteiger partial charge in [0.2, 0.25) is 0 Å². The highest BCUT2D eigenvalue weighted by molar-refractivity contribution is 7.90. The monoisotopic (exact) mass is 383 g/mol. The summed E-state index contributed by atoms with van der Waals surface area (Å²) in [6.45, 7) is 3.59. The number of amides is 2. The molecule has 1 aromatic heterocycles. The first kappa shape index (κ1) is 17.3. The molecule has 2 aromatic carbocycles. The number of nitrogens with one attached hydrogen (secondary N) is 2. The van der Waals surface area contributed by atoms with E-state index in [4.69, 9.17) is 0 Å². The maximum atomic E-state index is 12.6. The number of aromatic nitrogens is 1. The van der Waals surface area contributed by atoms with Crippen molar-refractivity contribution < 1.29 is 18.0 Å². The number of sulfonamides is 1. The summed E-state index contributed by atoms with van der Waals surface area (Å²) >= 11 is 0. The van der Waals surface area contributed by atoms with E-state index in [1.807, 2.05) is 25.1 Å². The lowest BCUT2D eigenvalue weighted by atomic mass is 10.1. The zero-order valence-corrected chi connectivity index (χ0v) is 15.6. The van der Waals surface area contributed by atoms with Crippen LogP contribution in [0, 0.1) is 6.92 Å². The van der Waals surface area contributed by atoms with Gasteiger partial charge in [0, 0.05) is 34.4 Å². The minimum atomic E-state index is -3.90. The topological polar surface area (TPSA) is 99.3 Å². The second-order valence-electron chi connectivity index (χ2n) is 6.39. The third kappa shape index (κ3) is 2.69. The van der Waals surface area contributed by atoms with Crippen LogP contribution in [0.15, 0.2) is 47.4 Å². The quantitative estimate of drug-likeness (QED) is 0.726. The van der Waals surface area contributed by atoms with Crippen LogP contribution in [-0.4, -0.2) is 36.1 Å². The fourth-order valence-corrected chi connectivity index (χ4v) is 4.89. The molecule has 3 aromatic rings. The van der Waals surface area contributed by atoms with Crippen LogP contribution in [0.25, 0.3) is 10.9 Å². The molecule has 4 rings (SSSR count). The number of hydrogen-bond acceptors (Lipinski definition) is 4. The highest BCUT2D eigenvalue weighted by Gasteiger charge is 2.40. The van der Waals surface area contributed by atoms with Gasteiger partial charge in [0.1, 0.15) is 4.90 Å². The zero-order chi connectivity index (χ0) is 19.3.